The van der Waals surface area contributed by atoms with Crippen LogP contribution in [0.3, 0.4) is 0 Å². The number of carboxylic acid groups (broad SMARTS) is 1. The molecule has 0 fully saturated rings. The maximum absolute atomic E-state index is 10.3. The van der Waals surface area contributed by atoms with Crippen molar-refractivity contribution >= 4 is 5.97 Å². The highest BCUT2D eigenvalue weighted by molar-refractivity contribution is 5.66. The lowest BCUT2D eigenvalue weighted by molar-refractivity contribution is -0.137. The van der Waals surface area contributed by atoms with E-state index >= 15 is 0 Å². The van der Waals surface area contributed by atoms with Gasteiger partial charge < -0.3 is 15.9 Å². The maximum atomic E-state index is 10.3. The van der Waals surface area contributed by atoms with Crippen molar-refractivity contribution < 1.29 is 15.0 Å². The van der Waals surface area contributed by atoms with E-state index in [4.69, 9.17) is 15.9 Å². The second-order valence-electron chi connectivity index (χ2n) is 6.68. The van der Waals surface area contributed by atoms with Gasteiger partial charge in [-0.15, -0.1) is 0 Å². The number of aliphatic hydroxyl groups excluding tert-OH is 1. The molecule has 24 heavy (non-hydrogen) atoms. The molecule has 0 rings (SSSR count). The van der Waals surface area contributed by atoms with Crippen LogP contribution >= 0.6 is 0 Å². The van der Waals surface area contributed by atoms with Crippen molar-refractivity contribution in [2.45, 2.75) is 116 Å². The molecule has 0 saturated carbocycles. The van der Waals surface area contributed by atoms with Crippen LogP contribution in [-0.4, -0.2) is 28.8 Å². The van der Waals surface area contributed by atoms with Gasteiger partial charge in [-0.3, -0.25) is 4.79 Å². The number of hydrogen-bond acceptors (Lipinski definition) is 3. The average Bonchev–Trinajstić information content (AvgIpc) is 2.58. The molecule has 0 saturated heterocycles. The minimum atomic E-state index is -0.655. The van der Waals surface area contributed by atoms with Gasteiger partial charge in [-0.1, -0.05) is 90.9 Å². The molecule has 0 spiro atoms. The second kappa shape index (κ2) is 22.4. The van der Waals surface area contributed by atoms with Crippen LogP contribution in [-0.2, 0) is 4.79 Å². The summed E-state index contributed by atoms with van der Waals surface area (Å²) in [5.74, 6) is -0.655. The van der Waals surface area contributed by atoms with Crippen LogP contribution in [0.25, 0.3) is 0 Å². The third-order valence-corrected chi connectivity index (χ3v) is 4.24. The van der Waals surface area contributed by atoms with E-state index in [2.05, 4.69) is 6.92 Å². The highest BCUT2D eigenvalue weighted by Gasteiger charge is 1.96. The number of carbonyl (C=O) groups is 1. The monoisotopic (exact) mass is 345 g/mol. The van der Waals surface area contributed by atoms with Gasteiger partial charge in [0.25, 0.3) is 0 Å². The molecule has 0 aromatic carbocycles. The molecule has 0 heterocycles. The van der Waals surface area contributed by atoms with Gasteiger partial charge in [0.05, 0.1) is 6.10 Å². The lowest BCUT2D eigenvalue weighted by Gasteiger charge is -2.02. The van der Waals surface area contributed by atoms with Crippen molar-refractivity contribution in [3.8, 4) is 0 Å². The summed E-state index contributed by atoms with van der Waals surface area (Å²) in [6.07, 6.45) is 17.7. The Morgan fingerprint density at radius 3 is 1.42 bits per heavy atom. The molecular formula is C20H43NO3. The molecule has 0 amide bonds. The summed E-state index contributed by atoms with van der Waals surface area (Å²) in [5, 5.41) is 17.0. The molecular weight excluding hydrogens is 302 g/mol. The van der Waals surface area contributed by atoms with Crippen molar-refractivity contribution in [1.29, 1.82) is 0 Å². The van der Waals surface area contributed by atoms with E-state index in [9.17, 15) is 4.79 Å². The van der Waals surface area contributed by atoms with E-state index in [1.807, 2.05) is 6.92 Å². The Labute approximate surface area is 150 Å². The summed E-state index contributed by atoms with van der Waals surface area (Å²) in [4.78, 5) is 10.3. The van der Waals surface area contributed by atoms with Crippen molar-refractivity contribution in [2.75, 3.05) is 6.54 Å². The van der Waals surface area contributed by atoms with Gasteiger partial charge in [-0.25, -0.2) is 0 Å². The molecule has 4 N–H and O–H groups in total. The lowest BCUT2D eigenvalue weighted by atomic mass is 10.0. The number of rotatable bonds is 16. The maximum Gasteiger partial charge on any atom is 0.303 e. The molecule has 0 aromatic heterocycles. The Balaban J connectivity index is 0. The zero-order valence-corrected chi connectivity index (χ0v) is 16.3. The van der Waals surface area contributed by atoms with Gasteiger partial charge in [0.2, 0.25) is 0 Å². The summed E-state index contributed by atoms with van der Waals surface area (Å²) < 4.78 is 0. The molecule has 4 nitrogen and oxygen atoms in total. The van der Waals surface area contributed by atoms with E-state index in [-0.39, 0.29) is 6.10 Å². The van der Waals surface area contributed by atoms with Crippen molar-refractivity contribution in [3.63, 3.8) is 0 Å². The Bertz CT molecular complexity index is 243. The average molecular weight is 346 g/mol. The Hall–Kier alpha value is -0.610. The molecule has 1 unspecified atom stereocenters. The van der Waals surface area contributed by atoms with Gasteiger partial charge in [-0.2, -0.15) is 0 Å². The molecule has 0 aliphatic rings. The first kappa shape index (κ1) is 25.6. The number of nitrogens with two attached hydrogens (primary N) is 1. The topological polar surface area (TPSA) is 83.5 Å². The summed E-state index contributed by atoms with van der Waals surface area (Å²) >= 11 is 0. The van der Waals surface area contributed by atoms with Crippen LogP contribution in [0.4, 0.5) is 0 Å². The van der Waals surface area contributed by atoms with Gasteiger partial charge >= 0.3 is 5.97 Å². The third kappa shape index (κ3) is 26.3. The van der Waals surface area contributed by atoms with Gasteiger partial charge in [0, 0.05) is 13.0 Å². The van der Waals surface area contributed by atoms with Crippen LogP contribution in [0.5, 0.6) is 0 Å². The SMILES string of the molecule is CCC(O)CN.CCCCCCCCCCCCCCCC(=O)O. The number of aliphatic hydroxyl groups is 1. The van der Waals surface area contributed by atoms with Crippen molar-refractivity contribution in [1.82, 2.24) is 0 Å². The van der Waals surface area contributed by atoms with Crippen LogP contribution in [0.1, 0.15) is 110 Å². The fourth-order valence-corrected chi connectivity index (χ4v) is 2.46. The predicted octanol–water partition coefficient (Wildman–Crippen LogP) is 5.27. The zero-order valence-electron chi connectivity index (χ0n) is 16.3. The molecule has 146 valence electrons. The minimum absolute atomic E-state index is 0.287. The van der Waals surface area contributed by atoms with Gasteiger partial charge in [-0.05, 0) is 12.8 Å². The molecule has 4 heteroatoms. The lowest BCUT2D eigenvalue weighted by Crippen LogP contribution is -2.17. The molecule has 0 aromatic rings. The van der Waals surface area contributed by atoms with E-state index in [0.717, 1.165) is 19.3 Å². The Morgan fingerprint density at radius 2 is 1.17 bits per heavy atom. The molecule has 1 atom stereocenters. The quantitative estimate of drug-likeness (QED) is 0.333. The van der Waals surface area contributed by atoms with Crippen LogP contribution in [0.2, 0.25) is 0 Å². The fourth-order valence-electron chi connectivity index (χ4n) is 2.46. The van der Waals surface area contributed by atoms with Crippen LogP contribution < -0.4 is 5.73 Å². The van der Waals surface area contributed by atoms with E-state index < -0.39 is 5.97 Å². The van der Waals surface area contributed by atoms with Crippen LogP contribution in [0.15, 0.2) is 0 Å². The highest BCUT2D eigenvalue weighted by Crippen LogP contribution is 2.12. The van der Waals surface area contributed by atoms with Crippen molar-refractivity contribution in [3.05, 3.63) is 0 Å². The largest absolute Gasteiger partial charge is 0.481 e. The van der Waals surface area contributed by atoms with E-state index in [1.165, 1.54) is 70.6 Å². The summed E-state index contributed by atoms with van der Waals surface area (Å²) in [5.41, 5.74) is 5.03. The number of hydrogen-bond donors (Lipinski definition) is 3. The number of aliphatic carboxylic acids is 1. The predicted molar refractivity (Wildman–Crippen MR) is 103 cm³/mol. The molecule has 0 aliphatic carbocycles. The minimum Gasteiger partial charge on any atom is -0.481 e. The zero-order chi connectivity index (χ0) is 18.5. The first-order chi connectivity index (χ1) is 11.6. The third-order valence-electron chi connectivity index (χ3n) is 4.24. The number of carboxylic acids is 1. The van der Waals surface area contributed by atoms with E-state index in [1.54, 1.807) is 0 Å². The van der Waals surface area contributed by atoms with Crippen molar-refractivity contribution in [2.24, 2.45) is 5.73 Å². The van der Waals surface area contributed by atoms with Crippen LogP contribution in [0, 0.1) is 0 Å². The first-order valence-electron chi connectivity index (χ1n) is 10.2. The fraction of sp³-hybridized carbons (Fsp3) is 0.950. The van der Waals surface area contributed by atoms with Gasteiger partial charge in [0.15, 0.2) is 0 Å². The summed E-state index contributed by atoms with van der Waals surface area (Å²) in [6.45, 7) is 4.55. The molecule has 0 bridgehead atoms. The highest BCUT2D eigenvalue weighted by atomic mass is 16.4. The Kier molecular flexibility index (Phi) is 23.9. The normalized spacial score (nSPS) is 11.7. The van der Waals surface area contributed by atoms with E-state index in [0.29, 0.717) is 13.0 Å². The smallest absolute Gasteiger partial charge is 0.303 e. The molecule has 0 aliphatic heterocycles. The van der Waals surface area contributed by atoms with Gasteiger partial charge in [0.1, 0.15) is 0 Å². The molecule has 0 radical (unpaired) electrons. The Morgan fingerprint density at radius 1 is 0.792 bits per heavy atom. The standard InChI is InChI=1S/C16H32O2.C4H11NO/c1-2-3-4-5-6-7-8-9-10-11-12-13-14-15-16(17)18;1-2-4(6)3-5/h2-15H2,1H3,(H,17,18);4,6H,2-3,5H2,1H3. The number of unbranched alkanes of at least 4 members (excludes halogenated alkanes) is 12. The summed E-state index contributed by atoms with van der Waals surface area (Å²) in [6, 6.07) is 0. The second-order valence-corrected chi connectivity index (χ2v) is 6.68. The first-order valence-corrected chi connectivity index (χ1v) is 10.2. The summed E-state index contributed by atoms with van der Waals surface area (Å²) in [7, 11) is 0.